The number of carbonyl (C=O) groups is 1. The Morgan fingerprint density at radius 2 is 1.97 bits per heavy atom. The van der Waals surface area contributed by atoms with Crippen LogP contribution in [-0.4, -0.2) is 28.5 Å². The Bertz CT molecular complexity index is 1220. The highest BCUT2D eigenvalue weighted by atomic mass is 32.1. The van der Waals surface area contributed by atoms with Gasteiger partial charge in [-0.15, -0.1) is 11.3 Å². The number of benzene rings is 2. The number of ether oxygens (including phenoxy) is 1. The summed E-state index contributed by atoms with van der Waals surface area (Å²) in [7, 11) is 0. The van der Waals surface area contributed by atoms with Crippen molar-refractivity contribution < 1.29 is 9.53 Å². The first-order valence-corrected chi connectivity index (χ1v) is 10.1. The van der Waals surface area contributed by atoms with E-state index in [1.54, 1.807) is 17.7 Å². The number of primary amides is 1. The number of carbonyl (C=O) groups excluding carboxylic acids is 1. The van der Waals surface area contributed by atoms with Gasteiger partial charge in [-0.25, -0.2) is 9.97 Å². The van der Waals surface area contributed by atoms with Gasteiger partial charge >= 0.3 is 0 Å². The smallest absolute Gasteiger partial charge is 0.260 e. The number of hydrogen-bond donors (Lipinski definition) is 1. The standard InChI is InChI=1S/C22H18N4O2S/c1-13-6-8-14(9-7-13)15-11-29-22-19(15)21(24-12-25-22)26-10-18(20(23)27)28-17-5-3-2-4-16(17)26/h2-9,11-12,18H,10H2,1H3,(H2,23,27)/t18-/m1/s1. The number of rotatable bonds is 3. The van der Waals surface area contributed by atoms with Crippen LogP contribution in [0.3, 0.4) is 0 Å². The van der Waals surface area contributed by atoms with Crippen LogP contribution >= 0.6 is 11.3 Å². The summed E-state index contributed by atoms with van der Waals surface area (Å²) < 4.78 is 5.81. The first kappa shape index (κ1) is 17.6. The normalized spacial score (nSPS) is 15.8. The maximum Gasteiger partial charge on any atom is 0.260 e. The zero-order valence-electron chi connectivity index (χ0n) is 15.7. The largest absolute Gasteiger partial charge is 0.477 e. The van der Waals surface area contributed by atoms with Crippen LogP contribution in [0.1, 0.15) is 5.56 Å². The number of nitrogens with zero attached hydrogens (tertiary/aromatic N) is 3. The van der Waals surface area contributed by atoms with E-state index in [-0.39, 0.29) is 0 Å². The van der Waals surface area contributed by atoms with Gasteiger partial charge in [-0.05, 0) is 24.6 Å². The summed E-state index contributed by atoms with van der Waals surface area (Å²) in [5.41, 5.74) is 9.80. The molecular formula is C22H18N4O2S. The molecule has 7 heteroatoms. The van der Waals surface area contributed by atoms with E-state index in [0.717, 1.165) is 32.8 Å². The van der Waals surface area contributed by atoms with E-state index in [0.29, 0.717) is 12.3 Å². The van der Waals surface area contributed by atoms with E-state index >= 15 is 0 Å². The second-order valence-corrected chi connectivity index (χ2v) is 7.84. The van der Waals surface area contributed by atoms with Crippen molar-refractivity contribution in [2.45, 2.75) is 13.0 Å². The van der Waals surface area contributed by atoms with Gasteiger partial charge in [-0.3, -0.25) is 4.79 Å². The fraction of sp³-hybridized carbons (Fsp3) is 0.136. The van der Waals surface area contributed by atoms with Gasteiger partial charge in [-0.2, -0.15) is 0 Å². The molecule has 0 fully saturated rings. The molecule has 1 atom stereocenters. The third-order valence-corrected chi connectivity index (χ3v) is 5.95. The summed E-state index contributed by atoms with van der Waals surface area (Å²) in [5.74, 6) is 0.856. The molecule has 2 N–H and O–H groups in total. The van der Waals surface area contributed by atoms with Gasteiger partial charge in [0.25, 0.3) is 5.91 Å². The lowest BCUT2D eigenvalue weighted by Gasteiger charge is -2.34. The molecule has 0 unspecified atom stereocenters. The first-order chi connectivity index (χ1) is 14.1. The Hall–Kier alpha value is -3.45. The quantitative estimate of drug-likeness (QED) is 0.559. The lowest BCUT2D eigenvalue weighted by molar-refractivity contribution is -0.124. The molecule has 2 aromatic carbocycles. The van der Waals surface area contributed by atoms with Crippen LogP contribution in [0.5, 0.6) is 5.75 Å². The van der Waals surface area contributed by atoms with Crippen LogP contribution < -0.4 is 15.4 Å². The fourth-order valence-electron chi connectivity index (χ4n) is 3.59. The van der Waals surface area contributed by atoms with Gasteiger partial charge in [-0.1, -0.05) is 42.0 Å². The lowest BCUT2D eigenvalue weighted by atomic mass is 10.0. The highest BCUT2D eigenvalue weighted by molar-refractivity contribution is 7.17. The van der Waals surface area contributed by atoms with Gasteiger partial charge in [0.15, 0.2) is 6.10 Å². The molecule has 6 nitrogen and oxygen atoms in total. The summed E-state index contributed by atoms with van der Waals surface area (Å²) in [4.78, 5) is 23.9. The average molecular weight is 402 g/mol. The molecule has 0 bridgehead atoms. The summed E-state index contributed by atoms with van der Waals surface area (Å²) in [6.45, 7) is 2.36. The molecule has 1 amide bonds. The minimum Gasteiger partial charge on any atom is -0.477 e. The zero-order chi connectivity index (χ0) is 20.0. The zero-order valence-corrected chi connectivity index (χ0v) is 16.5. The minimum atomic E-state index is -0.753. The van der Waals surface area contributed by atoms with Gasteiger partial charge in [0, 0.05) is 10.9 Å². The predicted molar refractivity (Wildman–Crippen MR) is 115 cm³/mol. The van der Waals surface area contributed by atoms with Crippen molar-refractivity contribution in [1.29, 1.82) is 0 Å². The molecular weight excluding hydrogens is 384 g/mol. The molecule has 0 saturated carbocycles. The summed E-state index contributed by atoms with van der Waals surface area (Å²) in [6.07, 6.45) is 0.807. The molecule has 4 aromatic rings. The van der Waals surface area contributed by atoms with Gasteiger partial charge in [0.05, 0.1) is 17.6 Å². The Morgan fingerprint density at radius 3 is 2.76 bits per heavy atom. The van der Waals surface area contributed by atoms with E-state index < -0.39 is 12.0 Å². The number of para-hydroxylation sites is 2. The topological polar surface area (TPSA) is 81.3 Å². The number of amides is 1. The number of fused-ring (bicyclic) bond motifs is 2. The van der Waals surface area contributed by atoms with Gasteiger partial charge < -0.3 is 15.4 Å². The first-order valence-electron chi connectivity index (χ1n) is 9.23. The van der Waals surface area contributed by atoms with E-state index in [1.165, 1.54) is 5.56 Å². The molecule has 1 aliphatic heterocycles. The van der Waals surface area contributed by atoms with Crippen molar-refractivity contribution in [3.63, 3.8) is 0 Å². The van der Waals surface area contributed by atoms with Crippen molar-refractivity contribution >= 4 is 39.0 Å². The monoisotopic (exact) mass is 402 g/mol. The number of anilines is 2. The third kappa shape index (κ3) is 3.00. The van der Waals surface area contributed by atoms with Crippen LogP contribution in [0.25, 0.3) is 21.3 Å². The molecule has 3 heterocycles. The Kier molecular flexibility index (Phi) is 4.17. The summed E-state index contributed by atoms with van der Waals surface area (Å²) in [5, 5.41) is 3.06. The molecule has 144 valence electrons. The minimum absolute atomic E-state index is 0.293. The van der Waals surface area contributed by atoms with E-state index in [9.17, 15) is 4.79 Å². The van der Waals surface area contributed by atoms with Crippen LogP contribution in [0.4, 0.5) is 11.5 Å². The second kappa shape index (κ2) is 6.86. The van der Waals surface area contributed by atoms with Crippen molar-refractivity contribution in [3.05, 3.63) is 65.8 Å². The van der Waals surface area contributed by atoms with Crippen LogP contribution in [0.2, 0.25) is 0 Å². The Labute approximate surface area is 171 Å². The van der Waals surface area contributed by atoms with Crippen molar-refractivity contribution in [1.82, 2.24) is 9.97 Å². The summed E-state index contributed by atoms with van der Waals surface area (Å²) in [6, 6.07) is 16.0. The fourth-order valence-corrected chi connectivity index (χ4v) is 4.50. The van der Waals surface area contributed by atoms with Gasteiger partial charge in [0.2, 0.25) is 0 Å². The molecule has 29 heavy (non-hydrogen) atoms. The van der Waals surface area contributed by atoms with Crippen molar-refractivity contribution in [2.24, 2.45) is 5.73 Å². The maximum absolute atomic E-state index is 11.9. The second-order valence-electron chi connectivity index (χ2n) is 6.98. The average Bonchev–Trinajstić information content (AvgIpc) is 3.18. The molecule has 0 radical (unpaired) electrons. The van der Waals surface area contributed by atoms with E-state index in [2.05, 4.69) is 46.5 Å². The SMILES string of the molecule is Cc1ccc(-c2csc3ncnc(N4C[C@H](C(N)=O)Oc5ccccc54)c23)cc1. The molecule has 0 aliphatic carbocycles. The Morgan fingerprint density at radius 1 is 1.17 bits per heavy atom. The number of nitrogens with two attached hydrogens (primary N) is 1. The molecule has 2 aromatic heterocycles. The van der Waals surface area contributed by atoms with E-state index in [1.807, 2.05) is 29.2 Å². The number of hydrogen-bond acceptors (Lipinski definition) is 6. The van der Waals surface area contributed by atoms with Crippen molar-refractivity contribution in [3.8, 4) is 16.9 Å². The van der Waals surface area contributed by atoms with Crippen LogP contribution in [-0.2, 0) is 4.79 Å². The number of aromatic nitrogens is 2. The summed E-state index contributed by atoms with van der Waals surface area (Å²) >= 11 is 1.58. The predicted octanol–water partition coefficient (Wildman–Crippen LogP) is 4.05. The number of aryl methyl sites for hydroxylation is 1. The van der Waals surface area contributed by atoms with E-state index in [4.69, 9.17) is 10.5 Å². The maximum atomic E-state index is 11.9. The van der Waals surface area contributed by atoms with Crippen LogP contribution in [0, 0.1) is 6.92 Å². The molecule has 0 spiro atoms. The number of thiophene rings is 1. The molecule has 0 saturated heterocycles. The highest BCUT2D eigenvalue weighted by Gasteiger charge is 2.32. The molecule has 5 rings (SSSR count). The lowest BCUT2D eigenvalue weighted by Crippen LogP contribution is -2.45. The van der Waals surface area contributed by atoms with Crippen molar-refractivity contribution in [2.75, 3.05) is 11.4 Å². The molecule has 1 aliphatic rings. The third-order valence-electron chi connectivity index (χ3n) is 5.06. The highest BCUT2D eigenvalue weighted by Crippen LogP contribution is 2.43. The Balaban J connectivity index is 1.72. The van der Waals surface area contributed by atoms with Crippen LogP contribution in [0.15, 0.2) is 60.2 Å². The van der Waals surface area contributed by atoms with Gasteiger partial charge in [0.1, 0.15) is 22.7 Å².